The second-order valence-corrected chi connectivity index (χ2v) is 5.96. The second-order valence-electron chi connectivity index (χ2n) is 5.96. The average Bonchev–Trinajstić information content (AvgIpc) is 2.66. The molecule has 0 fully saturated rings. The molecule has 4 heteroatoms. The number of rotatable bonds is 5. The van der Waals surface area contributed by atoms with Crippen LogP contribution < -0.4 is 10.1 Å². The minimum atomic E-state index is -0.0802. The Hall–Kier alpha value is -2.88. The summed E-state index contributed by atoms with van der Waals surface area (Å²) in [7, 11) is 1.64. The van der Waals surface area contributed by atoms with Gasteiger partial charge in [-0.2, -0.15) is 0 Å². The van der Waals surface area contributed by atoms with E-state index >= 15 is 0 Å². The summed E-state index contributed by atoms with van der Waals surface area (Å²) >= 11 is 0. The van der Waals surface area contributed by atoms with Crippen LogP contribution in [-0.4, -0.2) is 18.0 Å². The number of benzene rings is 2. The minimum Gasteiger partial charge on any atom is -0.497 e. The Labute approximate surface area is 147 Å². The average molecular weight is 334 g/mol. The van der Waals surface area contributed by atoms with E-state index in [-0.39, 0.29) is 5.91 Å². The van der Waals surface area contributed by atoms with Gasteiger partial charge in [-0.1, -0.05) is 37.3 Å². The lowest BCUT2D eigenvalue weighted by atomic mass is 9.99. The van der Waals surface area contributed by atoms with E-state index in [1.54, 1.807) is 7.11 Å². The zero-order valence-electron chi connectivity index (χ0n) is 14.8. The number of carbonyl (C=O) groups is 1. The third kappa shape index (κ3) is 3.48. The van der Waals surface area contributed by atoms with Crippen LogP contribution in [-0.2, 0) is 13.0 Å². The van der Waals surface area contributed by atoms with Gasteiger partial charge in [-0.15, -0.1) is 0 Å². The van der Waals surface area contributed by atoms with E-state index in [0.717, 1.165) is 39.9 Å². The number of hydrogen-bond acceptors (Lipinski definition) is 3. The predicted octanol–water partition coefficient (Wildman–Crippen LogP) is 4.04. The maximum absolute atomic E-state index is 12.8. The number of aromatic nitrogens is 1. The number of ether oxygens (including phenoxy) is 1. The quantitative estimate of drug-likeness (QED) is 0.766. The number of para-hydroxylation sites is 1. The van der Waals surface area contributed by atoms with Crippen LogP contribution >= 0.6 is 0 Å². The van der Waals surface area contributed by atoms with Crippen LogP contribution in [0.25, 0.3) is 10.9 Å². The van der Waals surface area contributed by atoms with E-state index in [9.17, 15) is 4.79 Å². The van der Waals surface area contributed by atoms with Crippen molar-refractivity contribution in [3.05, 3.63) is 70.9 Å². The number of hydrogen-bond donors (Lipinski definition) is 1. The SMILES string of the molecule is CCc1nc2ccccc2c(C)c1C(=O)NCc1ccc(OC)cc1. The Bertz CT molecular complexity index is 902. The van der Waals surface area contributed by atoms with E-state index in [0.29, 0.717) is 12.1 Å². The first kappa shape index (κ1) is 17.0. The van der Waals surface area contributed by atoms with Crippen LogP contribution in [0.3, 0.4) is 0 Å². The Kier molecular flexibility index (Phi) is 4.98. The molecular weight excluding hydrogens is 312 g/mol. The Morgan fingerprint density at radius 1 is 1.12 bits per heavy atom. The Morgan fingerprint density at radius 2 is 1.84 bits per heavy atom. The number of carbonyl (C=O) groups excluding carboxylic acids is 1. The molecule has 3 rings (SSSR count). The van der Waals surface area contributed by atoms with Gasteiger partial charge in [0.25, 0.3) is 5.91 Å². The number of nitrogens with one attached hydrogen (secondary N) is 1. The van der Waals surface area contributed by atoms with Crippen molar-refractivity contribution < 1.29 is 9.53 Å². The van der Waals surface area contributed by atoms with Gasteiger partial charge in [0.15, 0.2) is 0 Å². The fourth-order valence-corrected chi connectivity index (χ4v) is 3.01. The highest BCUT2D eigenvalue weighted by molar-refractivity contribution is 6.01. The van der Waals surface area contributed by atoms with Crippen LogP contribution in [0.4, 0.5) is 0 Å². The molecule has 1 amide bonds. The molecule has 0 radical (unpaired) electrons. The minimum absolute atomic E-state index is 0.0802. The highest BCUT2D eigenvalue weighted by Crippen LogP contribution is 2.23. The van der Waals surface area contributed by atoms with Gasteiger partial charge in [0.2, 0.25) is 0 Å². The van der Waals surface area contributed by atoms with Crippen molar-refractivity contribution in [1.29, 1.82) is 0 Å². The van der Waals surface area contributed by atoms with Gasteiger partial charge in [-0.3, -0.25) is 9.78 Å². The molecule has 0 aliphatic heterocycles. The Balaban J connectivity index is 1.86. The van der Waals surface area contributed by atoms with Crippen molar-refractivity contribution in [3.8, 4) is 5.75 Å². The van der Waals surface area contributed by atoms with Crippen molar-refractivity contribution in [1.82, 2.24) is 10.3 Å². The maximum atomic E-state index is 12.8. The molecule has 0 aliphatic rings. The molecule has 2 aromatic carbocycles. The van der Waals surface area contributed by atoms with E-state index in [1.807, 2.05) is 62.4 Å². The van der Waals surface area contributed by atoms with Crippen molar-refractivity contribution >= 4 is 16.8 Å². The molecule has 0 atom stereocenters. The van der Waals surface area contributed by atoms with Gasteiger partial charge in [0.1, 0.15) is 5.75 Å². The fraction of sp³-hybridized carbons (Fsp3) is 0.238. The topological polar surface area (TPSA) is 51.2 Å². The van der Waals surface area contributed by atoms with Crippen molar-refractivity contribution in [2.45, 2.75) is 26.8 Å². The molecular formula is C21H22N2O2. The summed E-state index contributed by atoms with van der Waals surface area (Å²) in [5.41, 5.74) is 4.47. The first-order valence-corrected chi connectivity index (χ1v) is 8.43. The number of pyridine rings is 1. The third-order valence-electron chi connectivity index (χ3n) is 4.40. The van der Waals surface area contributed by atoms with E-state index in [1.165, 1.54) is 0 Å². The maximum Gasteiger partial charge on any atom is 0.253 e. The first-order chi connectivity index (χ1) is 12.1. The smallest absolute Gasteiger partial charge is 0.253 e. The molecule has 128 valence electrons. The van der Waals surface area contributed by atoms with Crippen LogP contribution in [0.2, 0.25) is 0 Å². The molecule has 1 aromatic heterocycles. The van der Waals surface area contributed by atoms with Gasteiger partial charge < -0.3 is 10.1 Å². The predicted molar refractivity (Wildman–Crippen MR) is 100 cm³/mol. The van der Waals surface area contributed by atoms with Crippen molar-refractivity contribution in [3.63, 3.8) is 0 Å². The second kappa shape index (κ2) is 7.34. The van der Waals surface area contributed by atoms with Crippen LogP contribution in [0.5, 0.6) is 5.75 Å². The summed E-state index contributed by atoms with van der Waals surface area (Å²) in [5.74, 6) is 0.723. The van der Waals surface area contributed by atoms with E-state index in [2.05, 4.69) is 10.3 Å². The van der Waals surface area contributed by atoms with Crippen LogP contribution in [0.1, 0.15) is 34.1 Å². The molecule has 25 heavy (non-hydrogen) atoms. The number of aryl methyl sites for hydroxylation is 2. The van der Waals surface area contributed by atoms with Crippen LogP contribution in [0.15, 0.2) is 48.5 Å². The van der Waals surface area contributed by atoms with Gasteiger partial charge in [-0.05, 0) is 42.7 Å². The van der Waals surface area contributed by atoms with Gasteiger partial charge >= 0.3 is 0 Å². The van der Waals surface area contributed by atoms with Crippen molar-refractivity contribution in [2.75, 3.05) is 7.11 Å². The first-order valence-electron chi connectivity index (χ1n) is 8.43. The monoisotopic (exact) mass is 334 g/mol. The van der Waals surface area contributed by atoms with Crippen molar-refractivity contribution in [2.24, 2.45) is 0 Å². The summed E-state index contributed by atoms with van der Waals surface area (Å²) in [4.78, 5) is 17.5. The number of amides is 1. The standard InChI is InChI=1S/C21H22N2O2/c1-4-18-20(14(2)17-7-5-6-8-19(17)23-18)21(24)22-13-15-9-11-16(25-3)12-10-15/h5-12H,4,13H2,1-3H3,(H,22,24). The number of nitrogens with zero attached hydrogens (tertiary/aromatic N) is 1. The normalized spacial score (nSPS) is 10.7. The molecule has 4 nitrogen and oxygen atoms in total. The lowest BCUT2D eigenvalue weighted by Crippen LogP contribution is -2.25. The zero-order valence-corrected chi connectivity index (χ0v) is 14.8. The summed E-state index contributed by atoms with van der Waals surface area (Å²) in [6, 6.07) is 15.6. The van der Waals surface area contributed by atoms with Gasteiger partial charge in [0, 0.05) is 11.9 Å². The molecule has 0 bridgehead atoms. The zero-order chi connectivity index (χ0) is 17.8. The molecule has 1 heterocycles. The summed E-state index contributed by atoms with van der Waals surface area (Å²) in [6.45, 7) is 4.49. The van der Waals surface area contributed by atoms with E-state index in [4.69, 9.17) is 4.74 Å². The summed E-state index contributed by atoms with van der Waals surface area (Å²) in [5, 5.41) is 4.04. The highest BCUT2D eigenvalue weighted by atomic mass is 16.5. The highest BCUT2D eigenvalue weighted by Gasteiger charge is 2.17. The molecule has 0 unspecified atom stereocenters. The largest absolute Gasteiger partial charge is 0.497 e. The fourth-order valence-electron chi connectivity index (χ4n) is 3.01. The number of fused-ring (bicyclic) bond motifs is 1. The molecule has 1 N–H and O–H groups in total. The summed E-state index contributed by atoms with van der Waals surface area (Å²) < 4.78 is 5.16. The van der Waals surface area contributed by atoms with Gasteiger partial charge in [0.05, 0.1) is 23.9 Å². The van der Waals surface area contributed by atoms with Crippen LogP contribution in [0, 0.1) is 6.92 Å². The van der Waals surface area contributed by atoms with Gasteiger partial charge in [-0.25, -0.2) is 0 Å². The Morgan fingerprint density at radius 3 is 2.52 bits per heavy atom. The molecule has 0 saturated carbocycles. The lowest BCUT2D eigenvalue weighted by molar-refractivity contribution is 0.0949. The molecule has 0 spiro atoms. The molecule has 0 saturated heterocycles. The lowest BCUT2D eigenvalue weighted by Gasteiger charge is -2.14. The molecule has 0 aliphatic carbocycles. The summed E-state index contributed by atoms with van der Waals surface area (Å²) in [6.07, 6.45) is 0.719. The number of methoxy groups -OCH3 is 1. The third-order valence-corrected chi connectivity index (χ3v) is 4.40. The van der Waals surface area contributed by atoms with E-state index < -0.39 is 0 Å². The molecule has 3 aromatic rings.